The number of nitrogen functional groups attached to an aromatic ring is 1. The minimum atomic E-state index is -0.953. The van der Waals surface area contributed by atoms with Gasteiger partial charge < -0.3 is 17.2 Å². The summed E-state index contributed by atoms with van der Waals surface area (Å²) in [5, 5.41) is 0.360. The molecule has 0 radical (unpaired) electrons. The molecule has 2 aromatic heterocycles. The number of hydrogen-bond donors (Lipinski definition) is 3. The van der Waals surface area contributed by atoms with Gasteiger partial charge in [-0.3, -0.25) is 0 Å². The van der Waals surface area contributed by atoms with E-state index in [2.05, 4.69) is 15.0 Å². The van der Waals surface area contributed by atoms with Crippen molar-refractivity contribution in [3.05, 3.63) is 47.5 Å². The Labute approximate surface area is 130 Å². The summed E-state index contributed by atoms with van der Waals surface area (Å²) in [5.74, 6) is -0.232. The lowest BCUT2D eigenvalue weighted by Gasteiger charge is -2.27. The molecule has 3 rings (SSSR count). The first-order valence-corrected chi connectivity index (χ1v) is 7.40. The molecular formula is C14H15FN6S. The number of nitrogens with two attached hydrogens (primary N) is 3. The fraction of sp³-hybridized carbons (Fsp3) is 0.214. The third-order valence-corrected chi connectivity index (χ3v) is 4.38. The van der Waals surface area contributed by atoms with E-state index in [0.717, 1.165) is 6.20 Å². The second-order valence-corrected chi connectivity index (χ2v) is 6.21. The van der Waals surface area contributed by atoms with Gasteiger partial charge in [0.25, 0.3) is 0 Å². The molecule has 1 aliphatic carbocycles. The average molecular weight is 318 g/mol. The zero-order valence-corrected chi connectivity index (χ0v) is 12.7. The van der Waals surface area contributed by atoms with E-state index in [1.807, 2.05) is 0 Å². The van der Waals surface area contributed by atoms with Crippen LogP contribution < -0.4 is 17.2 Å². The van der Waals surface area contributed by atoms with Crippen molar-refractivity contribution < 1.29 is 4.39 Å². The summed E-state index contributed by atoms with van der Waals surface area (Å²) in [6.45, 7) is 1.75. The van der Waals surface area contributed by atoms with Crippen LogP contribution in [0, 0.1) is 12.7 Å². The third kappa shape index (κ3) is 2.46. The Morgan fingerprint density at radius 2 is 2.09 bits per heavy atom. The maximum atomic E-state index is 14.1. The van der Waals surface area contributed by atoms with Gasteiger partial charge in [-0.05, 0) is 13.0 Å². The van der Waals surface area contributed by atoms with Gasteiger partial charge in [0.2, 0.25) is 0 Å². The first-order valence-electron chi connectivity index (χ1n) is 6.58. The maximum Gasteiger partial charge on any atom is 0.180 e. The van der Waals surface area contributed by atoms with Crippen LogP contribution in [0.1, 0.15) is 17.9 Å². The van der Waals surface area contributed by atoms with Crippen LogP contribution in [0.15, 0.2) is 30.1 Å². The smallest absolute Gasteiger partial charge is 0.180 e. The van der Waals surface area contributed by atoms with Crippen molar-refractivity contribution >= 4 is 16.5 Å². The zero-order chi connectivity index (χ0) is 15.9. The predicted octanol–water partition coefficient (Wildman–Crippen LogP) is 1.59. The van der Waals surface area contributed by atoms with Gasteiger partial charge in [0.1, 0.15) is 11.2 Å². The van der Waals surface area contributed by atoms with Gasteiger partial charge in [-0.15, -0.1) is 0 Å². The van der Waals surface area contributed by atoms with Crippen LogP contribution in [0.3, 0.4) is 0 Å². The molecule has 1 atom stereocenters. The summed E-state index contributed by atoms with van der Waals surface area (Å²) in [6, 6.07) is 0. The molecule has 0 saturated heterocycles. The van der Waals surface area contributed by atoms with Crippen LogP contribution in [0.5, 0.6) is 0 Å². The van der Waals surface area contributed by atoms with Crippen molar-refractivity contribution in [3.8, 4) is 10.6 Å². The van der Waals surface area contributed by atoms with E-state index in [4.69, 9.17) is 17.2 Å². The number of halogens is 1. The molecule has 22 heavy (non-hydrogen) atoms. The zero-order valence-electron chi connectivity index (χ0n) is 11.9. The molecule has 8 heteroatoms. The number of rotatable bonds is 2. The first kappa shape index (κ1) is 14.6. The van der Waals surface area contributed by atoms with Gasteiger partial charge in [-0.25, -0.2) is 19.3 Å². The number of aromatic nitrogens is 3. The maximum absolute atomic E-state index is 14.1. The fourth-order valence-corrected chi connectivity index (χ4v) is 3.17. The van der Waals surface area contributed by atoms with Crippen molar-refractivity contribution in [1.29, 1.82) is 0 Å². The van der Waals surface area contributed by atoms with Gasteiger partial charge in [-0.2, -0.15) is 0 Å². The van der Waals surface area contributed by atoms with E-state index in [1.165, 1.54) is 11.3 Å². The van der Waals surface area contributed by atoms with Crippen LogP contribution in [0.4, 0.5) is 9.52 Å². The number of aryl methyl sites for hydroxylation is 1. The molecule has 0 saturated carbocycles. The van der Waals surface area contributed by atoms with E-state index in [9.17, 15) is 4.39 Å². The Balaban J connectivity index is 2.10. The second-order valence-electron chi connectivity index (χ2n) is 5.17. The minimum Gasteiger partial charge on any atom is -0.402 e. The quantitative estimate of drug-likeness (QED) is 0.774. The fourth-order valence-electron chi connectivity index (χ4n) is 2.34. The van der Waals surface area contributed by atoms with E-state index >= 15 is 0 Å². The van der Waals surface area contributed by atoms with Gasteiger partial charge in [0, 0.05) is 12.1 Å². The first-order chi connectivity index (χ1) is 10.4. The molecule has 2 heterocycles. The van der Waals surface area contributed by atoms with Crippen molar-refractivity contribution in [3.63, 3.8) is 0 Å². The Kier molecular flexibility index (Phi) is 3.42. The Morgan fingerprint density at radius 1 is 1.32 bits per heavy atom. The molecule has 2 aromatic rings. The monoisotopic (exact) mass is 318 g/mol. The topological polar surface area (TPSA) is 117 Å². The van der Waals surface area contributed by atoms with Gasteiger partial charge >= 0.3 is 0 Å². The Bertz CT molecular complexity index is 797. The summed E-state index contributed by atoms with van der Waals surface area (Å²) >= 11 is 1.18. The van der Waals surface area contributed by atoms with E-state index in [1.54, 1.807) is 25.2 Å². The molecule has 0 aliphatic heterocycles. The standard InChI is InChI=1S/C14H15FN6S/c1-7-11(22-13(17)20-7)10-9(15)6-19-12(21-10)14(18)4-2-3-8(16)5-14/h2-4,6H,5,16,18H2,1H3,(H2,17,20). The highest BCUT2D eigenvalue weighted by atomic mass is 32.1. The molecule has 0 fully saturated rings. The largest absolute Gasteiger partial charge is 0.402 e. The third-order valence-electron chi connectivity index (χ3n) is 3.39. The highest BCUT2D eigenvalue weighted by Gasteiger charge is 2.31. The molecule has 0 bridgehead atoms. The number of anilines is 1. The van der Waals surface area contributed by atoms with E-state index in [-0.39, 0.29) is 5.69 Å². The number of allylic oxidation sites excluding steroid dienone is 2. The Morgan fingerprint density at radius 3 is 2.73 bits per heavy atom. The lowest BCUT2D eigenvalue weighted by Crippen LogP contribution is -2.39. The molecular weight excluding hydrogens is 303 g/mol. The van der Waals surface area contributed by atoms with E-state index in [0.29, 0.717) is 33.6 Å². The Hall–Kier alpha value is -2.32. The predicted molar refractivity (Wildman–Crippen MR) is 84.1 cm³/mol. The summed E-state index contributed by atoms with van der Waals surface area (Å²) in [7, 11) is 0. The van der Waals surface area contributed by atoms with Crippen molar-refractivity contribution in [2.24, 2.45) is 11.5 Å². The molecule has 114 valence electrons. The lowest BCUT2D eigenvalue weighted by molar-refractivity contribution is 0.502. The highest BCUT2D eigenvalue weighted by Crippen LogP contribution is 2.33. The number of hydrogen-bond acceptors (Lipinski definition) is 7. The van der Waals surface area contributed by atoms with Crippen molar-refractivity contribution in [1.82, 2.24) is 15.0 Å². The van der Waals surface area contributed by atoms with Crippen LogP contribution in [0.25, 0.3) is 10.6 Å². The van der Waals surface area contributed by atoms with Crippen LogP contribution >= 0.6 is 11.3 Å². The summed E-state index contributed by atoms with van der Waals surface area (Å²) in [5.41, 5.74) is 18.3. The molecule has 6 nitrogen and oxygen atoms in total. The molecule has 0 aromatic carbocycles. The molecule has 0 amide bonds. The SMILES string of the molecule is Cc1nc(N)sc1-c1nc(C2(N)C=CC=C(N)C2)ncc1F. The van der Waals surface area contributed by atoms with Crippen LogP contribution in [0.2, 0.25) is 0 Å². The van der Waals surface area contributed by atoms with E-state index < -0.39 is 11.4 Å². The van der Waals surface area contributed by atoms with Gasteiger partial charge in [-0.1, -0.05) is 23.5 Å². The summed E-state index contributed by atoms with van der Waals surface area (Å²) in [6.07, 6.45) is 6.77. The highest BCUT2D eigenvalue weighted by molar-refractivity contribution is 7.18. The van der Waals surface area contributed by atoms with Gasteiger partial charge in [0.15, 0.2) is 16.8 Å². The second kappa shape index (κ2) is 5.15. The summed E-state index contributed by atoms with van der Waals surface area (Å²) < 4.78 is 14.1. The average Bonchev–Trinajstić information content (AvgIpc) is 2.77. The van der Waals surface area contributed by atoms with Crippen molar-refractivity contribution in [2.75, 3.05) is 5.73 Å². The molecule has 0 spiro atoms. The molecule has 1 unspecified atom stereocenters. The number of nitrogens with zero attached hydrogens (tertiary/aromatic N) is 3. The number of thiazole rings is 1. The molecule has 1 aliphatic rings. The van der Waals surface area contributed by atoms with Gasteiger partial charge in [0.05, 0.1) is 16.8 Å². The minimum absolute atomic E-state index is 0.156. The normalized spacial score (nSPS) is 21.0. The molecule has 6 N–H and O–H groups in total. The van der Waals surface area contributed by atoms with Crippen LogP contribution in [-0.4, -0.2) is 15.0 Å². The van der Waals surface area contributed by atoms with Crippen molar-refractivity contribution in [2.45, 2.75) is 18.9 Å². The van der Waals surface area contributed by atoms with Crippen LogP contribution in [-0.2, 0) is 5.54 Å². The summed E-state index contributed by atoms with van der Waals surface area (Å²) in [4.78, 5) is 13.0. The lowest BCUT2D eigenvalue weighted by atomic mass is 9.89.